The molecule has 0 N–H and O–H groups in total. The number of hydroxylamine groups is 1. The molecular weight excluding hydrogens is 358 g/mol. The lowest BCUT2D eigenvalue weighted by atomic mass is 9.95. The molecule has 3 nitrogen and oxygen atoms in total. The van der Waals surface area contributed by atoms with Gasteiger partial charge in [0.05, 0.1) is 5.69 Å². The fourth-order valence-corrected chi connectivity index (χ4v) is 2.64. The highest BCUT2D eigenvalue weighted by atomic mass is 79.9. The summed E-state index contributed by atoms with van der Waals surface area (Å²) >= 11 is 3.43. The number of benzene rings is 1. The summed E-state index contributed by atoms with van der Waals surface area (Å²) in [6, 6.07) is 7.66. The molecule has 22 heavy (non-hydrogen) atoms. The van der Waals surface area contributed by atoms with Gasteiger partial charge in [-0.25, -0.2) is 0 Å². The third-order valence-corrected chi connectivity index (χ3v) is 8.79. The molecule has 1 aromatic carbocycles. The number of rotatable bonds is 3. The van der Waals surface area contributed by atoms with Gasteiger partial charge in [0.1, 0.15) is 0 Å². The van der Waals surface area contributed by atoms with Gasteiger partial charge in [0.2, 0.25) is 8.32 Å². The van der Waals surface area contributed by atoms with E-state index in [-0.39, 0.29) is 10.9 Å². The van der Waals surface area contributed by atoms with Crippen molar-refractivity contribution in [2.24, 2.45) is 5.41 Å². The summed E-state index contributed by atoms with van der Waals surface area (Å²) in [7, 11) is -2.11. The topological polar surface area (TPSA) is 29.5 Å². The SMILES string of the molecule is CC(C)(C)C(=O)N(O[Si](C)(C)C(C)(C)C)c1ccc(Br)cc1. The van der Waals surface area contributed by atoms with Crippen LogP contribution < -0.4 is 5.06 Å². The number of halogens is 1. The largest absolute Gasteiger partial charge is 0.312 e. The lowest BCUT2D eigenvalue weighted by Crippen LogP contribution is -2.51. The predicted molar refractivity (Wildman–Crippen MR) is 99.4 cm³/mol. The van der Waals surface area contributed by atoms with Crippen LogP contribution in [0, 0.1) is 5.41 Å². The maximum absolute atomic E-state index is 12.9. The lowest BCUT2D eigenvalue weighted by molar-refractivity contribution is -0.130. The molecule has 0 aliphatic carbocycles. The van der Waals surface area contributed by atoms with Crippen LogP contribution in [0.5, 0.6) is 0 Å². The van der Waals surface area contributed by atoms with Gasteiger partial charge in [-0.2, -0.15) is 5.06 Å². The van der Waals surface area contributed by atoms with E-state index in [9.17, 15) is 4.79 Å². The maximum atomic E-state index is 12.9. The molecule has 0 fully saturated rings. The van der Waals surface area contributed by atoms with Gasteiger partial charge in [-0.1, -0.05) is 57.5 Å². The van der Waals surface area contributed by atoms with E-state index in [2.05, 4.69) is 49.8 Å². The number of anilines is 1. The second-order valence-electron chi connectivity index (χ2n) is 8.18. The van der Waals surface area contributed by atoms with Crippen LogP contribution in [-0.4, -0.2) is 14.2 Å². The van der Waals surface area contributed by atoms with Crippen molar-refractivity contribution in [2.75, 3.05) is 5.06 Å². The molecule has 0 aromatic heterocycles. The zero-order valence-electron chi connectivity index (χ0n) is 15.0. The van der Waals surface area contributed by atoms with Crippen LogP contribution in [0.1, 0.15) is 41.5 Å². The first-order valence-electron chi connectivity index (χ1n) is 7.55. The standard InChI is InChI=1S/C17H28BrNO2Si/c1-16(2,3)15(20)19(14-11-9-13(18)10-12-14)21-22(7,8)17(4,5)6/h9-12H,1-8H3. The highest BCUT2D eigenvalue weighted by Crippen LogP contribution is 2.39. The number of hydrogen-bond donors (Lipinski definition) is 0. The van der Waals surface area contributed by atoms with Gasteiger partial charge >= 0.3 is 0 Å². The van der Waals surface area contributed by atoms with E-state index in [0.717, 1.165) is 10.2 Å². The first kappa shape index (κ1) is 19.4. The van der Waals surface area contributed by atoms with Crippen LogP contribution in [0.15, 0.2) is 28.7 Å². The number of carbonyl (C=O) groups excluding carboxylic acids is 1. The molecule has 0 spiro atoms. The van der Waals surface area contributed by atoms with Gasteiger partial charge in [-0.15, -0.1) is 0 Å². The van der Waals surface area contributed by atoms with Gasteiger partial charge in [-0.05, 0) is 42.4 Å². The molecule has 5 heteroatoms. The highest BCUT2D eigenvalue weighted by Gasteiger charge is 2.42. The molecule has 1 aromatic rings. The Kier molecular flexibility index (Phi) is 5.69. The van der Waals surface area contributed by atoms with Gasteiger partial charge in [-0.3, -0.25) is 4.79 Å². The Morgan fingerprint density at radius 1 is 1.05 bits per heavy atom. The second kappa shape index (κ2) is 6.46. The van der Waals surface area contributed by atoms with E-state index in [4.69, 9.17) is 4.53 Å². The first-order valence-corrected chi connectivity index (χ1v) is 11.2. The molecule has 0 atom stereocenters. The van der Waals surface area contributed by atoms with Crippen molar-refractivity contribution >= 4 is 35.8 Å². The van der Waals surface area contributed by atoms with E-state index in [1.54, 1.807) is 0 Å². The summed E-state index contributed by atoms with van der Waals surface area (Å²) in [5.74, 6) is -0.0281. The summed E-state index contributed by atoms with van der Waals surface area (Å²) in [6.45, 7) is 16.5. The van der Waals surface area contributed by atoms with Crippen molar-refractivity contribution in [1.29, 1.82) is 0 Å². The van der Waals surface area contributed by atoms with Crippen LogP contribution in [0.4, 0.5) is 5.69 Å². The van der Waals surface area contributed by atoms with E-state index in [1.807, 2.05) is 45.0 Å². The fraction of sp³-hybridized carbons (Fsp3) is 0.588. The molecule has 0 aliphatic heterocycles. The van der Waals surface area contributed by atoms with Crippen molar-refractivity contribution in [3.63, 3.8) is 0 Å². The Hall–Kier alpha value is -0.653. The lowest BCUT2D eigenvalue weighted by Gasteiger charge is -2.41. The monoisotopic (exact) mass is 385 g/mol. The van der Waals surface area contributed by atoms with Gasteiger partial charge in [0.15, 0.2) is 0 Å². The fourth-order valence-electron chi connectivity index (χ4n) is 1.46. The average molecular weight is 386 g/mol. The zero-order valence-corrected chi connectivity index (χ0v) is 17.5. The molecule has 0 bridgehead atoms. The highest BCUT2D eigenvalue weighted by molar-refractivity contribution is 9.10. The van der Waals surface area contributed by atoms with E-state index >= 15 is 0 Å². The summed E-state index contributed by atoms with van der Waals surface area (Å²) in [5.41, 5.74) is 0.267. The van der Waals surface area contributed by atoms with E-state index in [0.29, 0.717) is 0 Å². The Morgan fingerprint density at radius 3 is 1.86 bits per heavy atom. The molecule has 0 radical (unpaired) electrons. The maximum Gasteiger partial charge on any atom is 0.255 e. The number of hydrogen-bond acceptors (Lipinski definition) is 2. The van der Waals surface area contributed by atoms with Crippen molar-refractivity contribution in [3.8, 4) is 0 Å². The van der Waals surface area contributed by atoms with Crippen molar-refractivity contribution in [2.45, 2.75) is 59.7 Å². The van der Waals surface area contributed by atoms with Gasteiger partial charge in [0, 0.05) is 9.89 Å². The normalized spacial score (nSPS) is 13.1. The van der Waals surface area contributed by atoms with Crippen molar-refractivity contribution in [3.05, 3.63) is 28.7 Å². The molecule has 124 valence electrons. The number of amides is 1. The average Bonchev–Trinajstić information content (AvgIpc) is 2.34. The van der Waals surface area contributed by atoms with Crippen LogP contribution in [-0.2, 0) is 9.32 Å². The van der Waals surface area contributed by atoms with E-state index in [1.165, 1.54) is 5.06 Å². The molecule has 0 unspecified atom stereocenters. The van der Waals surface area contributed by atoms with Crippen molar-refractivity contribution in [1.82, 2.24) is 0 Å². The van der Waals surface area contributed by atoms with Crippen LogP contribution in [0.2, 0.25) is 18.1 Å². The number of carbonyl (C=O) groups is 1. The predicted octanol–water partition coefficient (Wildman–Crippen LogP) is 5.77. The number of nitrogens with zero attached hydrogens (tertiary/aromatic N) is 1. The first-order chi connectivity index (χ1) is 9.75. The second-order valence-corrected chi connectivity index (χ2v) is 13.8. The minimum Gasteiger partial charge on any atom is -0.312 e. The minimum atomic E-state index is -2.11. The molecule has 0 aliphatic rings. The zero-order chi connectivity index (χ0) is 17.3. The van der Waals surface area contributed by atoms with Crippen molar-refractivity contribution < 1.29 is 9.32 Å². The molecule has 0 heterocycles. The minimum absolute atomic E-state index is 0.0266. The third-order valence-electron chi connectivity index (χ3n) is 4.01. The van der Waals surface area contributed by atoms with Crippen LogP contribution in [0.25, 0.3) is 0 Å². The Morgan fingerprint density at radius 2 is 1.50 bits per heavy atom. The van der Waals surface area contributed by atoms with Crippen LogP contribution in [0.3, 0.4) is 0 Å². The molecular formula is C17H28BrNO2Si. The summed E-state index contributed by atoms with van der Waals surface area (Å²) in [6.07, 6.45) is 0. The summed E-state index contributed by atoms with van der Waals surface area (Å²) in [5, 5.41) is 1.53. The van der Waals surface area contributed by atoms with Gasteiger partial charge < -0.3 is 4.53 Å². The van der Waals surface area contributed by atoms with Gasteiger partial charge in [0.25, 0.3) is 5.91 Å². The Labute approximate surface area is 144 Å². The molecule has 0 saturated heterocycles. The Bertz CT molecular complexity index is 527. The van der Waals surface area contributed by atoms with E-state index < -0.39 is 13.7 Å². The van der Waals surface area contributed by atoms with Crippen LogP contribution >= 0.6 is 15.9 Å². The molecule has 1 rings (SSSR count). The summed E-state index contributed by atoms with van der Waals surface area (Å²) < 4.78 is 7.30. The third kappa shape index (κ3) is 4.67. The Balaban J connectivity index is 3.24. The molecule has 1 amide bonds. The molecule has 0 saturated carbocycles. The quantitative estimate of drug-likeness (QED) is 0.488. The summed E-state index contributed by atoms with van der Waals surface area (Å²) in [4.78, 5) is 12.9. The smallest absolute Gasteiger partial charge is 0.255 e.